The second kappa shape index (κ2) is 6.82. The molecule has 0 fully saturated rings. The van der Waals surface area contributed by atoms with E-state index in [2.05, 4.69) is 4.72 Å². The fourth-order valence-corrected chi connectivity index (χ4v) is 3.68. The van der Waals surface area contributed by atoms with E-state index in [0.717, 1.165) is 4.90 Å². The predicted octanol–water partition coefficient (Wildman–Crippen LogP) is 2.53. The van der Waals surface area contributed by atoms with Crippen LogP contribution in [0.15, 0.2) is 58.3 Å². The Morgan fingerprint density at radius 1 is 1.13 bits per heavy atom. The maximum Gasteiger partial charge on any atom is 0.240 e. The molecule has 0 aromatic heterocycles. The molecule has 0 saturated carbocycles. The Labute approximate surface area is 140 Å². The quantitative estimate of drug-likeness (QED) is 0.839. The first kappa shape index (κ1) is 16.2. The van der Waals surface area contributed by atoms with Crippen LogP contribution in [0.2, 0.25) is 0 Å². The first-order chi connectivity index (χ1) is 11.1. The van der Waals surface area contributed by atoms with E-state index >= 15 is 0 Å². The van der Waals surface area contributed by atoms with Gasteiger partial charge in [-0.2, -0.15) is 0 Å². The molecule has 5 nitrogen and oxygen atoms in total. The molecule has 7 heteroatoms. The molecule has 1 aliphatic rings. The minimum Gasteiger partial charge on any atom is -0.486 e. The largest absolute Gasteiger partial charge is 0.486 e. The summed E-state index contributed by atoms with van der Waals surface area (Å²) >= 11 is 1.57. The topological polar surface area (TPSA) is 64.6 Å². The van der Waals surface area contributed by atoms with Gasteiger partial charge in [-0.1, -0.05) is 12.1 Å². The number of sulfonamides is 1. The molecular weight excluding hydrogens is 334 g/mol. The van der Waals surface area contributed by atoms with E-state index in [1.165, 1.54) is 0 Å². The molecule has 0 spiro atoms. The molecule has 0 saturated heterocycles. The minimum atomic E-state index is -3.56. The Morgan fingerprint density at radius 3 is 2.52 bits per heavy atom. The summed E-state index contributed by atoms with van der Waals surface area (Å²) in [6, 6.07) is 14.1. The van der Waals surface area contributed by atoms with Crippen LogP contribution in [0.1, 0.15) is 0 Å². The molecule has 2 aromatic carbocycles. The highest BCUT2D eigenvalue weighted by atomic mass is 32.2. The molecule has 2 aromatic rings. The molecule has 1 heterocycles. The van der Waals surface area contributed by atoms with Crippen molar-refractivity contribution >= 4 is 21.8 Å². The number of benzene rings is 2. The summed E-state index contributed by atoms with van der Waals surface area (Å²) in [5.41, 5.74) is 0. The van der Waals surface area contributed by atoms with Crippen LogP contribution < -0.4 is 14.2 Å². The highest BCUT2D eigenvalue weighted by molar-refractivity contribution is 7.98. The zero-order valence-electron chi connectivity index (χ0n) is 12.6. The summed E-state index contributed by atoms with van der Waals surface area (Å²) in [6.07, 6.45) is 1.59. The van der Waals surface area contributed by atoms with Crippen molar-refractivity contribution in [2.45, 2.75) is 15.9 Å². The molecule has 122 valence electrons. The van der Waals surface area contributed by atoms with E-state index in [1.54, 1.807) is 42.1 Å². The molecule has 1 aliphatic heterocycles. The summed E-state index contributed by atoms with van der Waals surface area (Å²) in [6.45, 7) is 0.464. The van der Waals surface area contributed by atoms with Crippen LogP contribution >= 0.6 is 11.8 Å². The van der Waals surface area contributed by atoms with E-state index in [-0.39, 0.29) is 17.5 Å². The fourth-order valence-electron chi connectivity index (χ4n) is 2.20. The Balaban J connectivity index is 1.63. The van der Waals surface area contributed by atoms with Gasteiger partial charge in [0.05, 0.1) is 11.4 Å². The predicted molar refractivity (Wildman–Crippen MR) is 89.8 cm³/mol. The van der Waals surface area contributed by atoms with E-state index in [4.69, 9.17) is 9.47 Å². The molecule has 0 aliphatic carbocycles. The summed E-state index contributed by atoms with van der Waals surface area (Å²) in [7, 11) is -3.56. The highest BCUT2D eigenvalue weighted by Gasteiger charge is 2.23. The van der Waals surface area contributed by atoms with Gasteiger partial charge in [0.2, 0.25) is 10.0 Å². The average molecular weight is 351 g/mol. The summed E-state index contributed by atoms with van der Waals surface area (Å²) in [5.74, 6) is 1.31. The van der Waals surface area contributed by atoms with Crippen molar-refractivity contribution in [3.63, 3.8) is 0 Å². The molecule has 0 unspecified atom stereocenters. The fraction of sp³-hybridized carbons (Fsp3) is 0.250. The van der Waals surface area contributed by atoms with Gasteiger partial charge in [0.15, 0.2) is 11.5 Å². The van der Waals surface area contributed by atoms with Crippen molar-refractivity contribution in [3.05, 3.63) is 48.5 Å². The summed E-state index contributed by atoms with van der Waals surface area (Å²) in [5, 5.41) is 0. The number of ether oxygens (including phenoxy) is 2. The number of fused-ring (bicyclic) bond motifs is 1. The van der Waals surface area contributed by atoms with Crippen LogP contribution in [0, 0.1) is 0 Å². The average Bonchev–Trinajstić information content (AvgIpc) is 2.60. The molecule has 1 atom stereocenters. The Morgan fingerprint density at radius 2 is 1.83 bits per heavy atom. The number of hydrogen-bond acceptors (Lipinski definition) is 5. The standard InChI is InChI=1S/C16H17NO4S2/c1-22-13-6-8-14(9-7-13)23(18,19)17-10-12-11-20-15-4-2-3-5-16(15)21-12/h2-9,12,17H,10-11H2,1H3/t12-/m0/s1. The zero-order chi connectivity index (χ0) is 16.3. The van der Waals surface area contributed by atoms with Crippen molar-refractivity contribution in [1.82, 2.24) is 4.72 Å². The highest BCUT2D eigenvalue weighted by Crippen LogP contribution is 2.30. The Hall–Kier alpha value is -1.70. The van der Waals surface area contributed by atoms with Crippen LogP contribution in [-0.4, -0.2) is 33.9 Å². The van der Waals surface area contributed by atoms with E-state index in [9.17, 15) is 8.42 Å². The van der Waals surface area contributed by atoms with Gasteiger partial charge in [0, 0.05) is 4.90 Å². The Kier molecular flexibility index (Phi) is 4.79. The summed E-state index contributed by atoms with van der Waals surface area (Å²) < 4.78 is 38.5. The minimum absolute atomic E-state index is 0.154. The van der Waals surface area contributed by atoms with Crippen molar-refractivity contribution in [3.8, 4) is 11.5 Å². The second-order valence-electron chi connectivity index (χ2n) is 5.03. The molecule has 3 rings (SSSR count). The van der Waals surface area contributed by atoms with Gasteiger partial charge in [0.25, 0.3) is 0 Å². The molecule has 0 bridgehead atoms. The van der Waals surface area contributed by atoms with Crippen LogP contribution in [-0.2, 0) is 10.0 Å². The number of nitrogens with one attached hydrogen (secondary N) is 1. The number of rotatable bonds is 5. The van der Waals surface area contributed by atoms with Crippen LogP contribution in [0.25, 0.3) is 0 Å². The van der Waals surface area contributed by atoms with E-state index in [1.807, 2.05) is 24.5 Å². The van der Waals surface area contributed by atoms with Gasteiger partial charge in [-0.25, -0.2) is 13.1 Å². The lowest BCUT2D eigenvalue weighted by Gasteiger charge is -2.26. The maximum absolute atomic E-state index is 12.3. The van der Waals surface area contributed by atoms with E-state index < -0.39 is 10.0 Å². The van der Waals surface area contributed by atoms with E-state index in [0.29, 0.717) is 18.1 Å². The van der Waals surface area contributed by atoms with Gasteiger partial charge in [-0.15, -0.1) is 11.8 Å². The lowest BCUT2D eigenvalue weighted by Crippen LogP contribution is -2.40. The first-order valence-electron chi connectivity index (χ1n) is 7.11. The smallest absolute Gasteiger partial charge is 0.240 e. The van der Waals surface area contributed by atoms with Crippen molar-refractivity contribution in [2.24, 2.45) is 0 Å². The van der Waals surface area contributed by atoms with Crippen LogP contribution in [0.4, 0.5) is 0 Å². The molecule has 23 heavy (non-hydrogen) atoms. The maximum atomic E-state index is 12.3. The number of para-hydroxylation sites is 2. The summed E-state index contributed by atoms with van der Waals surface area (Å²) in [4.78, 5) is 1.26. The van der Waals surface area contributed by atoms with Gasteiger partial charge in [0.1, 0.15) is 12.7 Å². The third-order valence-electron chi connectivity index (χ3n) is 3.44. The lowest BCUT2D eigenvalue weighted by molar-refractivity contribution is 0.0943. The number of thioether (sulfide) groups is 1. The number of hydrogen-bond donors (Lipinski definition) is 1. The molecule has 1 N–H and O–H groups in total. The second-order valence-corrected chi connectivity index (χ2v) is 7.67. The van der Waals surface area contributed by atoms with Crippen molar-refractivity contribution in [1.29, 1.82) is 0 Å². The van der Waals surface area contributed by atoms with Crippen molar-refractivity contribution in [2.75, 3.05) is 19.4 Å². The van der Waals surface area contributed by atoms with Gasteiger partial charge in [-0.3, -0.25) is 0 Å². The Bertz CT molecular complexity index is 775. The zero-order valence-corrected chi connectivity index (χ0v) is 14.2. The third-order valence-corrected chi connectivity index (χ3v) is 5.62. The van der Waals surface area contributed by atoms with Crippen LogP contribution in [0.5, 0.6) is 11.5 Å². The normalized spacial score (nSPS) is 17.0. The van der Waals surface area contributed by atoms with Crippen molar-refractivity contribution < 1.29 is 17.9 Å². The van der Waals surface area contributed by atoms with Gasteiger partial charge >= 0.3 is 0 Å². The SMILES string of the molecule is CSc1ccc(S(=O)(=O)NC[C@H]2COc3ccccc3O2)cc1. The van der Waals surface area contributed by atoms with Gasteiger partial charge < -0.3 is 9.47 Å². The van der Waals surface area contributed by atoms with Gasteiger partial charge in [-0.05, 0) is 42.7 Å². The molecule has 0 amide bonds. The first-order valence-corrected chi connectivity index (χ1v) is 9.81. The van der Waals surface area contributed by atoms with Crippen LogP contribution in [0.3, 0.4) is 0 Å². The molecule has 0 radical (unpaired) electrons. The third kappa shape index (κ3) is 3.80. The molecular formula is C16H17NO4S2. The lowest BCUT2D eigenvalue weighted by atomic mass is 10.2. The monoisotopic (exact) mass is 351 g/mol.